The number of aliphatic hydroxyl groups is 3. The van der Waals surface area contributed by atoms with Gasteiger partial charge in [0.1, 0.15) is 17.7 Å². The molecule has 1 fully saturated rings. The molecule has 0 amide bonds. The zero-order chi connectivity index (χ0) is 24.2. The van der Waals surface area contributed by atoms with Crippen LogP contribution in [0.5, 0.6) is 0 Å². The summed E-state index contributed by atoms with van der Waals surface area (Å²) in [5.74, 6) is 1.23. The molecule has 0 radical (unpaired) electrons. The average molecular weight is 506 g/mol. The molecule has 0 aliphatic heterocycles. The molecule has 0 aromatic carbocycles. The molecule has 1 aliphatic carbocycles. The fourth-order valence-corrected chi connectivity index (χ4v) is 4.56. The van der Waals surface area contributed by atoms with Gasteiger partial charge in [0.25, 0.3) is 0 Å². The van der Waals surface area contributed by atoms with E-state index < -0.39 is 24.2 Å². The number of nitrogens with zero attached hydrogens (tertiary/aromatic N) is 3. The van der Waals surface area contributed by atoms with E-state index in [9.17, 15) is 15.3 Å². The minimum absolute atomic E-state index is 0. The van der Waals surface area contributed by atoms with E-state index in [4.69, 9.17) is 9.40 Å². The number of anilines is 2. The first kappa shape index (κ1) is 27.1. The lowest BCUT2D eigenvalue weighted by Crippen LogP contribution is -2.35. The monoisotopic (exact) mass is 505 g/mol. The maximum absolute atomic E-state index is 10.6. The molecule has 0 bridgehead atoms. The zero-order valence-corrected chi connectivity index (χ0v) is 21.3. The Hall–Kier alpha value is -2.46. The Morgan fingerprint density at radius 1 is 1.11 bits per heavy atom. The lowest BCUT2D eigenvalue weighted by atomic mass is 10.1. The Bertz CT molecular complexity index is 1120. The Balaban J connectivity index is 0.00000342. The molecule has 10 heteroatoms. The summed E-state index contributed by atoms with van der Waals surface area (Å²) in [4.78, 5) is 13.8. The predicted octanol–water partition coefficient (Wildman–Crippen LogP) is 3.69. The lowest BCUT2D eigenvalue weighted by molar-refractivity contribution is 0.00446. The minimum atomic E-state index is -1.02. The summed E-state index contributed by atoms with van der Waals surface area (Å²) >= 11 is 0. The molecule has 0 unspecified atom stereocenters. The van der Waals surface area contributed by atoms with Crippen molar-refractivity contribution in [3.05, 3.63) is 29.7 Å². The quantitative estimate of drug-likeness (QED) is 0.261. The SMILES string of the molecule is CCCCCNc1nc(C)c(-c2cc3cc(CC)ncc3o2)c(N[C@@H]2C[C@H](CO)[C@@H](O)[C@H]2O)n1.Cl. The van der Waals surface area contributed by atoms with E-state index in [1.54, 1.807) is 6.20 Å². The van der Waals surface area contributed by atoms with Gasteiger partial charge in [-0.2, -0.15) is 4.98 Å². The van der Waals surface area contributed by atoms with E-state index in [2.05, 4.69) is 34.4 Å². The van der Waals surface area contributed by atoms with Crippen LogP contribution in [0.15, 0.2) is 22.7 Å². The molecule has 5 N–H and O–H groups in total. The van der Waals surface area contributed by atoms with Gasteiger partial charge in [0.05, 0.1) is 29.6 Å². The zero-order valence-electron chi connectivity index (χ0n) is 20.5. The van der Waals surface area contributed by atoms with Crippen LogP contribution in [0.1, 0.15) is 50.9 Å². The van der Waals surface area contributed by atoms with Crippen LogP contribution in [-0.2, 0) is 6.42 Å². The largest absolute Gasteiger partial charge is 0.454 e. The third-order valence-corrected chi connectivity index (χ3v) is 6.58. The number of nitrogens with one attached hydrogen (secondary N) is 2. The first-order valence-electron chi connectivity index (χ1n) is 12.2. The Morgan fingerprint density at radius 3 is 2.60 bits per heavy atom. The number of hydrogen-bond donors (Lipinski definition) is 5. The summed E-state index contributed by atoms with van der Waals surface area (Å²) in [6, 6.07) is 3.50. The summed E-state index contributed by atoms with van der Waals surface area (Å²) in [7, 11) is 0. The number of furan rings is 1. The Kier molecular flexibility index (Phi) is 9.29. The van der Waals surface area contributed by atoms with Crippen molar-refractivity contribution in [1.29, 1.82) is 0 Å². The molecule has 9 nitrogen and oxygen atoms in total. The van der Waals surface area contributed by atoms with Gasteiger partial charge in [0, 0.05) is 30.1 Å². The van der Waals surface area contributed by atoms with Crippen molar-refractivity contribution in [1.82, 2.24) is 15.0 Å². The first-order valence-corrected chi connectivity index (χ1v) is 12.2. The number of unbranched alkanes of at least 4 members (excludes halogenated alkanes) is 2. The first-order chi connectivity index (χ1) is 16.4. The summed E-state index contributed by atoms with van der Waals surface area (Å²) in [5.41, 5.74) is 3.08. The van der Waals surface area contributed by atoms with Gasteiger partial charge in [-0.15, -0.1) is 12.4 Å². The van der Waals surface area contributed by atoms with Crippen molar-refractivity contribution < 1.29 is 19.7 Å². The number of aryl methyl sites for hydroxylation is 2. The molecule has 0 saturated heterocycles. The van der Waals surface area contributed by atoms with E-state index in [0.29, 0.717) is 35.1 Å². The molecular weight excluding hydrogens is 470 g/mol. The van der Waals surface area contributed by atoms with Gasteiger partial charge in [0.15, 0.2) is 5.58 Å². The standard InChI is InChI=1S/C25H35N5O4.ClH/c1-4-6-7-8-26-25-28-14(3)21(19-11-15-9-17(5-2)27-12-20(15)34-19)24(30-25)29-18-10-16(13-31)22(32)23(18)33;/h9,11-12,16,18,22-23,31-33H,4-8,10,13H2,1-3H3,(H2,26,28,29,30);1H/t16-,18-,22-,23+;/m1./s1. The molecular formula is C25H36ClN5O4. The van der Waals surface area contributed by atoms with Crippen molar-refractivity contribution in [2.24, 2.45) is 5.92 Å². The fraction of sp³-hybridized carbons (Fsp3) is 0.560. The third-order valence-electron chi connectivity index (χ3n) is 6.58. The van der Waals surface area contributed by atoms with Gasteiger partial charge in [0.2, 0.25) is 5.95 Å². The highest BCUT2D eigenvalue weighted by molar-refractivity contribution is 5.86. The molecule has 35 heavy (non-hydrogen) atoms. The lowest BCUT2D eigenvalue weighted by Gasteiger charge is -2.21. The number of aromatic nitrogens is 3. The second-order valence-electron chi connectivity index (χ2n) is 9.08. The second kappa shape index (κ2) is 12.0. The molecule has 192 valence electrons. The van der Waals surface area contributed by atoms with Gasteiger partial charge in [-0.3, -0.25) is 4.98 Å². The van der Waals surface area contributed by atoms with Crippen molar-refractivity contribution in [3.63, 3.8) is 0 Å². The molecule has 3 aromatic rings. The summed E-state index contributed by atoms with van der Waals surface area (Å²) in [6.45, 7) is 6.69. The van der Waals surface area contributed by atoms with E-state index in [1.807, 2.05) is 19.1 Å². The van der Waals surface area contributed by atoms with Crippen LogP contribution in [0.3, 0.4) is 0 Å². The van der Waals surface area contributed by atoms with Crippen molar-refractivity contribution in [3.8, 4) is 11.3 Å². The normalized spacial score (nSPS) is 21.8. The van der Waals surface area contributed by atoms with Crippen LogP contribution in [0.4, 0.5) is 11.8 Å². The number of fused-ring (bicyclic) bond motifs is 1. The number of halogens is 1. The van der Waals surface area contributed by atoms with Gasteiger partial charge < -0.3 is 30.4 Å². The van der Waals surface area contributed by atoms with Crippen molar-refractivity contribution >= 4 is 35.1 Å². The summed E-state index contributed by atoms with van der Waals surface area (Å²) in [5, 5.41) is 38.0. The van der Waals surface area contributed by atoms with Gasteiger partial charge in [-0.25, -0.2) is 4.98 Å². The van der Waals surface area contributed by atoms with Gasteiger partial charge in [-0.1, -0.05) is 26.7 Å². The maximum atomic E-state index is 10.6. The van der Waals surface area contributed by atoms with Crippen molar-refractivity contribution in [2.45, 2.75) is 71.1 Å². The smallest absolute Gasteiger partial charge is 0.224 e. The third kappa shape index (κ3) is 5.86. The second-order valence-corrected chi connectivity index (χ2v) is 9.08. The summed E-state index contributed by atoms with van der Waals surface area (Å²) < 4.78 is 6.13. The average Bonchev–Trinajstić information content (AvgIpc) is 3.36. The van der Waals surface area contributed by atoms with E-state index in [0.717, 1.165) is 49.0 Å². The van der Waals surface area contributed by atoms with Gasteiger partial charge >= 0.3 is 0 Å². The number of rotatable bonds is 10. The molecule has 1 aliphatic rings. The van der Waals surface area contributed by atoms with Crippen LogP contribution in [0.25, 0.3) is 22.3 Å². The van der Waals surface area contributed by atoms with E-state index in [1.165, 1.54) is 0 Å². The highest BCUT2D eigenvalue weighted by Crippen LogP contribution is 2.37. The van der Waals surface area contributed by atoms with Crippen LogP contribution < -0.4 is 10.6 Å². The molecule has 0 spiro atoms. The topological polar surface area (TPSA) is 137 Å². The summed E-state index contributed by atoms with van der Waals surface area (Å²) in [6.07, 6.45) is 4.23. The predicted molar refractivity (Wildman–Crippen MR) is 139 cm³/mol. The molecule has 3 aromatic heterocycles. The van der Waals surface area contributed by atoms with Crippen molar-refractivity contribution in [2.75, 3.05) is 23.8 Å². The van der Waals surface area contributed by atoms with Crippen LogP contribution in [-0.4, -0.2) is 61.7 Å². The Labute approximate surface area is 211 Å². The Morgan fingerprint density at radius 2 is 1.91 bits per heavy atom. The van der Waals surface area contributed by atoms with E-state index in [-0.39, 0.29) is 19.0 Å². The maximum Gasteiger partial charge on any atom is 0.224 e. The molecule has 1 saturated carbocycles. The van der Waals surface area contributed by atoms with Crippen LogP contribution in [0, 0.1) is 12.8 Å². The number of hydrogen-bond acceptors (Lipinski definition) is 9. The fourth-order valence-electron chi connectivity index (χ4n) is 4.56. The van der Waals surface area contributed by atoms with Crippen LogP contribution in [0.2, 0.25) is 0 Å². The number of aliphatic hydroxyl groups excluding tert-OH is 3. The minimum Gasteiger partial charge on any atom is -0.454 e. The highest BCUT2D eigenvalue weighted by Gasteiger charge is 2.41. The molecule has 4 rings (SSSR count). The molecule has 4 atom stereocenters. The molecule has 3 heterocycles. The van der Waals surface area contributed by atoms with E-state index >= 15 is 0 Å². The highest BCUT2D eigenvalue weighted by atomic mass is 35.5. The number of pyridine rings is 1. The van der Waals surface area contributed by atoms with Crippen LogP contribution >= 0.6 is 12.4 Å². The van der Waals surface area contributed by atoms with Gasteiger partial charge in [-0.05, 0) is 38.3 Å².